The molecule has 0 amide bonds. The Hall–Kier alpha value is -0.620. The Kier molecular flexibility index (Phi) is 3.21. The topological polar surface area (TPSA) is 74.7 Å². The van der Waals surface area contributed by atoms with Gasteiger partial charge in [0.2, 0.25) is 0 Å². The van der Waals surface area contributed by atoms with Crippen LogP contribution in [0.15, 0.2) is 0 Å². The fourth-order valence-corrected chi connectivity index (χ4v) is 4.44. The van der Waals surface area contributed by atoms with Crippen molar-refractivity contribution in [2.45, 2.75) is 37.8 Å². The molecule has 2 rings (SSSR count). The number of hydrogen-bond donors (Lipinski definition) is 1. The molecule has 5 nitrogen and oxygen atoms in total. The maximum atomic E-state index is 11.4. The average molecular weight is 247 g/mol. The molecular weight excluding hydrogens is 230 g/mol. The fraction of sp³-hybridized carbons (Fsp3) is 0.900. The molecule has 2 atom stereocenters. The first kappa shape index (κ1) is 11.9. The van der Waals surface area contributed by atoms with Gasteiger partial charge in [-0.1, -0.05) is 6.42 Å². The number of sulfone groups is 1. The third kappa shape index (κ3) is 2.38. The number of hydrogen-bond acceptors (Lipinski definition) is 4. The maximum absolute atomic E-state index is 11.4. The van der Waals surface area contributed by atoms with E-state index in [1.54, 1.807) is 0 Å². The quantitative estimate of drug-likeness (QED) is 0.749. The van der Waals surface area contributed by atoms with Gasteiger partial charge in [-0.2, -0.15) is 0 Å². The molecule has 0 saturated carbocycles. The highest BCUT2D eigenvalue weighted by molar-refractivity contribution is 7.91. The van der Waals surface area contributed by atoms with E-state index in [-0.39, 0.29) is 17.5 Å². The van der Waals surface area contributed by atoms with Gasteiger partial charge in [-0.25, -0.2) is 8.42 Å². The summed E-state index contributed by atoms with van der Waals surface area (Å²) in [6.07, 6.45) is 3.13. The highest BCUT2D eigenvalue weighted by Crippen LogP contribution is 2.25. The van der Waals surface area contributed by atoms with Crippen LogP contribution in [0.1, 0.15) is 25.7 Å². The summed E-state index contributed by atoms with van der Waals surface area (Å²) in [4.78, 5) is 13.0. The Morgan fingerprint density at radius 1 is 1.25 bits per heavy atom. The number of aliphatic carboxylic acids is 1. The van der Waals surface area contributed by atoms with Gasteiger partial charge in [-0.05, 0) is 25.8 Å². The van der Waals surface area contributed by atoms with Crippen molar-refractivity contribution in [2.24, 2.45) is 0 Å². The van der Waals surface area contributed by atoms with E-state index in [9.17, 15) is 13.2 Å². The fourth-order valence-electron chi connectivity index (χ4n) is 2.69. The summed E-state index contributed by atoms with van der Waals surface area (Å²) >= 11 is 0. The van der Waals surface area contributed by atoms with Gasteiger partial charge in [0.25, 0.3) is 0 Å². The molecule has 2 aliphatic heterocycles. The number of rotatable bonds is 2. The van der Waals surface area contributed by atoms with E-state index >= 15 is 0 Å². The minimum atomic E-state index is -2.93. The molecule has 16 heavy (non-hydrogen) atoms. The number of nitrogens with zero attached hydrogens (tertiary/aromatic N) is 1. The van der Waals surface area contributed by atoms with Crippen molar-refractivity contribution < 1.29 is 18.3 Å². The summed E-state index contributed by atoms with van der Waals surface area (Å²) in [5, 5.41) is 9.11. The second-order valence-corrected chi connectivity index (χ2v) is 6.87. The largest absolute Gasteiger partial charge is 0.480 e. The van der Waals surface area contributed by atoms with Crippen LogP contribution in [0.4, 0.5) is 0 Å². The maximum Gasteiger partial charge on any atom is 0.320 e. The van der Waals surface area contributed by atoms with Crippen LogP contribution in [0.2, 0.25) is 0 Å². The third-order valence-electron chi connectivity index (χ3n) is 3.51. The number of carbonyl (C=O) groups is 1. The zero-order valence-electron chi connectivity index (χ0n) is 9.13. The summed E-state index contributed by atoms with van der Waals surface area (Å²) in [7, 11) is -2.93. The number of piperidine rings is 1. The van der Waals surface area contributed by atoms with Crippen molar-refractivity contribution in [3.05, 3.63) is 0 Å². The lowest BCUT2D eigenvalue weighted by molar-refractivity contribution is -0.145. The lowest BCUT2D eigenvalue weighted by Gasteiger charge is -2.36. The van der Waals surface area contributed by atoms with Gasteiger partial charge in [0, 0.05) is 6.04 Å². The Morgan fingerprint density at radius 3 is 2.56 bits per heavy atom. The van der Waals surface area contributed by atoms with Gasteiger partial charge in [-0.3, -0.25) is 9.69 Å². The molecule has 0 spiro atoms. The highest BCUT2D eigenvalue weighted by Gasteiger charge is 2.38. The first-order valence-corrected chi connectivity index (χ1v) is 7.51. The molecule has 2 saturated heterocycles. The molecule has 2 aliphatic rings. The molecule has 0 aromatic carbocycles. The van der Waals surface area contributed by atoms with E-state index in [2.05, 4.69) is 0 Å². The van der Waals surface area contributed by atoms with Crippen molar-refractivity contribution in [3.63, 3.8) is 0 Å². The molecule has 1 N–H and O–H groups in total. The SMILES string of the molecule is O=C(O)C1CCCCN1C1CCS(=O)(=O)C1. The minimum absolute atomic E-state index is 0.0774. The van der Waals surface area contributed by atoms with Crippen LogP contribution in [0.3, 0.4) is 0 Å². The molecule has 2 unspecified atom stereocenters. The summed E-state index contributed by atoms with van der Waals surface area (Å²) in [5.74, 6) is -0.471. The lowest BCUT2D eigenvalue weighted by Crippen LogP contribution is -2.50. The third-order valence-corrected chi connectivity index (χ3v) is 5.26. The predicted molar refractivity (Wildman–Crippen MR) is 59.0 cm³/mol. The van der Waals surface area contributed by atoms with Gasteiger partial charge in [0.1, 0.15) is 6.04 Å². The standard InChI is InChI=1S/C10H17NO4S/c12-10(13)9-3-1-2-5-11(9)8-4-6-16(14,15)7-8/h8-9H,1-7H2,(H,12,13). The summed E-state index contributed by atoms with van der Waals surface area (Å²) in [5.41, 5.74) is 0. The van der Waals surface area contributed by atoms with Gasteiger partial charge >= 0.3 is 5.97 Å². The van der Waals surface area contributed by atoms with Crippen molar-refractivity contribution in [1.29, 1.82) is 0 Å². The molecule has 0 aromatic rings. The smallest absolute Gasteiger partial charge is 0.320 e. The van der Waals surface area contributed by atoms with Crippen molar-refractivity contribution in [3.8, 4) is 0 Å². The molecule has 2 heterocycles. The molecule has 0 bridgehead atoms. The monoisotopic (exact) mass is 247 g/mol. The van der Waals surface area contributed by atoms with Crippen molar-refractivity contribution >= 4 is 15.8 Å². The summed E-state index contributed by atoms with van der Waals surface area (Å²) < 4.78 is 22.8. The van der Waals surface area contributed by atoms with Crippen LogP contribution in [0.25, 0.3) is 0 Å². The zero-order valence-corrected chi connectivity index (χ0v) is 9.95. The van der Waals surface area contributed by atoms with Crippen LogP contribution in [0, 0.1) is 0 Å². The zero-order chi connectivity index (χ0) is 11.8. The molecule has 0 radical (unpaired) electrons. The highest BCUT2D eigenvalue weighted by atomic mass is 32.2. The van der Waals surface area contributed by atoms with Gasteiger partial charge in [0.15, 0.2) is 9.84 Å². The number of carboxylic acid groups (broad SMARTS) is 1. The summed E-state index contributed by atoms with van der Waals surface area (Å²) in [6, 6.07) is -0.557. The molecule has 0 aromatic heterocycles. The van der Waals surface area contributed by atoms with E-state index < -0.39 is 21.8 Å². The van der Waals surface area contributed by atoms with E-state index in [4.69, 9.17) is 5.11 Å². The van der Waals surface area contributed by atoms with Crippen LogP contribution in [-0.4, -0.2) is 54.5 Å². The van der Waals surface area contributed by atoms with Gasteiger partial charge < -0.3 is 5.11 Å². The molecular formula is C10H17NO4S. The van der Waals surface area contributed by atoms with Crippen molar-refractivity contribution in [2.75, 3.05) is 18.1 Å². The van der Waals surface area contributed by atoms with E-state index in [0.29, 0.717) is 12.8 Å². The number of likely N-dealkylation sites (tertiary alicyclic amines) is 1. The Bertz CT molecular complexity index is 378. The van der Waals surface area contributed by atoms with Crippen LogP contribution in [-0.2, 0) is 14.6 Å². The van der Waals surface area contributed by atoms with E-state index in [0.717, 1.165) is 19.4 Å². The minimum Gasteiger partial charge on any atom is -0.480 e. The molecule has 0 aliphatic carbocycles. The predicted octanol–water partition coefficient (Wildman–Crippen LogP) is 0.113. The Labute approximate surface area is 95.4 Å². The second-order valence-electron chi connectivity index (χ2n) is 4.64. The molecule has 2 fully saturated rings. The van der Waals surface area contributed by atoms with E-state index in [1.165, 1.54) is 0 Å². The van der Waals surface area contributed by atoms with Crippen LogP contribution < -0.4 is 0 Å². The van der Waals surface area contributed by atoms with Crippen molar-refractivity contribution in [1.82, 2.24) is 4.90 Å². The molecule has 6 heteroatoms. The van der Waals surface area contributed by atoms with E-state index in [1.807, 2.05) is 4.90 Å². The summed E-state index contributed by atoms with van der Waals surface area (Å²) in [6.45, 7) is 0.719. The first-order valence-electron chi connectivity index (χ1n) is 5.68. The second kappa shape index (κ2) is 4.33. The molecule has 92 valence electrons. The lowest BCUT2D eigenvalue weighted by atomic mass is 9.99. The Balaban J connectivity index is 2.09. The van der Waals surface area contributed by atoms with Crippen LogP contribution >= 0.6 is 0 Å². The first-order chi connectivity index (χ1) is 7.49. The van der Waals surface area contributed by atoms with Gasteiger partial charge in [0.05, 0.1) is 11.5 Å². The Morgan fingerprint density at radius 2 is 2.00 bits per heavy atom. The van der Waals surface area contributed by atoms with Crippen LogP contribution in [0.5, 0.6) is 0 Å². The number of carboxylic acids is 1. The normalized spacial score (nSPS) is 35.0. The van der Waals surface area contributed by atoms with Gasteiger partial charge in [-0.15, -0.1) is 0 Å². The average Bonchev–Trinajstić information content (AvgIpc) is 2.59.